The number of anilines is 2. The zero-order chi connectivity index (χ0) is 15.5. The van der Waals surface area contributed by atoms with Crippen molar-refractivity contribution < 1.29 is 18.3 Å². The fourth-order valence-corrected chi connectivity index (χ4v) is 2.71. The fourth-order valence-electron chi connectivity index (χ4n) is 2.71. The van der Waals surface area contributed by atoms with Crippen LogP contribution in [0.5, 0.6) is 0 Å². The highest BCUT2D eigenvalue weighted by molar-refractivity contribution is 5.51. The molecule has 0 aliphatic heterocycles. The highest BCUT2D eigenvalue weighted by atomic mass is 19.4. The number of aromatic nitrogens is 1. The second kappa shape index (κ2) is 6.48. The first-order valence-corrected chi connectivity index (χ1v) is 6.89. The van der Waals surface area contributed by atoms with Gasteiger partial charge in [0.1, 0.15) is 11.6 Å². The van der Waals surface area contributed by atoms with Gasteiger partial charge >= 0.3 is 6.18 Å². The molecule has 1 aromatic heterocycles. The second-order valence-corrected chi connectivity index (χ2v) is 5.10. The summed E-state index contributed by atoms with van der Waals surface area (Å²) >= 11 is 0. The van der Waals surface area contributed by atoms with E-state index < -0.39 is 11.7 Å². The van der Waals surface area contributed by atoms with E-state index in [-0.39, 0.29) is 30.8 Å². The van der Waals surface area contributed by atoms with E-state index in [1.807, 2.05) is 0 Å². The van der Waals surface area contributed by atoms with Gasteiger partial charge in [-0.2, -0.15) is 13.2 Å². The third-order valence-corrected chi connectivity index (χ3v) is 3.69. The number of aliphatic hydroxyl groups excluding tert-OH is 1. The lowest BCUT2D eigenvalue weighted by molar-refractivity contribution is -0.137. The van der Waals surface area contributed by atoms with E-state index in [4.69, 9.17) is 5.84 Å². The topological polar surface area (TPSA) is 74.4 Å². The monoisotopic (exact) mass is 304 g/mol. The van der Waals surface area contributed by atoms with Gasteiger partial charge in [0.25, 0.3) is 0 Å². The molecule has 21 heavy (non-hydrogen) atoms. The van der Waals surface area contributed by atoms with E-state index >= 15 is 0 Å². The molecule has 0 aromatic carbocycles. The van der Waals surface area contributed by atoms with Crippen molar-refractivity contribution in [1.29, 1.82) is 0 Å². The van der Waals surface area contributed by atoms with Crippen molar-refractivity contribution in [2.75, 3.05) is 23.5 Å². The molecule has 118 valence electrons. The summed E-state index contributed by atoms with van der Waals surface area (Å²) in [5, 5.41) is 9.18. The van der Waals surface area contributed by atoms with E-state index in [1.165, 1.54) is 0 Å². The van der Waals surface area contributed by atoms with Gasteiger partial charge in [-0.3, -0.25) is 0 Å². The van der Waals surface area contributed by atoms with Crippen molar-refractivity contribution in [3.8, 4) is 0 Å². The smallest absolute Gasteiger partial charge is 0.395 e. The molecule has 4 N–H and O–H groups in total. The highest BCUT2D eigenvalue weighted by Gasteiger charge is 2.33. The number of nitrogens with two attached hydrogens (primary N) is 1. The Labute approximate surface area is 120 Å². The molecule has 0 spiro atoms. The largest absolute Gasteiger partial charge is 0.416 e. The summed E-state index contributed by atoms with van der Waals surface area (Å²) in [5.41, 5.74) is 1.36. The predicted octanol–water partition coefficient (Wildman–Crippen LogP) is 2.13. The molecule has 5 nitrogen and oxygen atoms in total. The van der Waals surface area contributed by atoms with Crippen molar-refractivity contribution in [1.82, 2.24) is 4.98 Å². The van der Waals surface area contributed by atoms with E-state index in [0.29, 0.717) is 0 Å². The van der Waals surface area contributed by atoms with Gasteiger partial charge in [-0.25, -0.2) is 10.8 Å². The molecule has 8 heteroatoms. The van der Waals surface area contributed by atoms with Gasteiger partial charge in [0, 0.05) is 12.6 Å². The molecule has 1 aliphatic carbocycles. The van der Waals surface area contributed by atoms with Crippen LogP contribution >= 0.6 is 0 Å². The minimum absolute atomic E-state index is 0.0410. The lowest BCUT2D eigenvalue weighted by Gasteiger charge is -2.30. The van der Waals surface area contributed by atoms with Gasteiger partial charge in [-0.15, -0.1) is 0 Å². The molecule has 1 saturated carbocycles. The SMILES string of the molecule is NNc1cc(C(F)(F)F)cc(N(CCO)C2CCCC2)n1. The average molecular weight is 304 g/mol. The van der Waals surface area contributed by atoms with Gasteiger partial charge in [-0.05, 0) is 25.0 Å². The molecule has 0 unspecified atom stereocenters. The molecule has 0 saturated heterocycles. The van der Waals surface area contributed by atoms with Crippen molar-refractivity contribution >= 4 is 11.6 Å². The van der Waals surface area contributed by atoms with E-state index in [9.17, 15) is 18.3 Å². The van der Waals surface area contributed by atoms with Crippen LogP contribution < -0.4 is 16.2 Å². The Balaban J connectivity index is 2.38. The second-order valence-electron chi connectivity index (χ2n) is 5.10. The maximum Gasteiger partial charge on any atom is 0.416 e. The number of rotatable bonds is 5. The predicted molar refractivity (Wildman–Crippen MR) is 73.7 cm³/mol. The number of aliphatic hydroxyl groups is 1. The maximum atomic E-state index is 12.9. The molecule has 1 aliphatic rings. The third-order valence-electron chi connectivity index (χ3n) is 3.69. The number of nitrogen functional groups attached to an aromatic ring is 1. The molecule has 0 atom stereocenters. The van der Waals surface area contributed by atoms with Crippen LogP contribution in [0.3, 0.4) is 0 Å². The number of hydrogen-bond donors (Lipinski definition) is 3. The zero-order valence-electron chi connectivity index (χ0n) is 11.5. The van der Waals surface area contributed by atoms with Gasteiger partial charge < -0.3 is 15.4 Å². The lowest BCUT2D eigenvalue weighted by atomic mass is 10.2. The summed E-state index contributed by atoms with van der Waals surface area (Å²) in [6.07, 6.45) is -0.614. The van der Waals surface area contributed by atoms with Crippen molar-refractivity contribution in [3.63, 3.8) is 0 Å². The Hall–Kier alpha value is -1.54. The summed E-state index contributed by atoms with van der Waals surface area (Å²) in [5.74, 6) is 5.36. The molecular formula is C13H19F3N4O. The quantitative estimate of drug-likeness (QED) is 0.574. The first-order chi connectivity index (χ1) is 9.95. The first kappa shape index (κ1) is 15.8. The van der Waals surface area contributed by atoms with Crippen LogP contribution in [0.25, 0.3) is 0 Å². The summed E-state index contributed by atoms with van der Waals surface area (Å²) in [6, 6.07) is 1.99. The van der Waals surface area contributed by atoms with Crippen LogP contribution in [0, 0.1) is 0 Å². The Morgan fingerprint density at radius 1 is 1.33 bits per heavy atom. The van der Waals surface area contributed by atoms with Crippen molar-refractivity contribution in [3.05, 3.63) is 17.7 Å². The van der Waals surface area contributed by atoms with Crippen LogP contribution in [0.15, 0.2) is 12.1 Å². The Kier molecular flexibility index (Phi) is 4.89. The minimum Gasteiger partial charge on any atom is -0.395 e. The van der Waals surface area contributed by atoms with Gasteiger partial charge in [0.05, 0.1) is 12.2 Å². The van der Waals surface area contributed by atoms with Crippen LogP contribution in [0.2, 0.25) is 0 Å². The first-order valence-electron chi connectivity index (χ1n) is 6.89. The summed E-state index contributed by atoms with van der Waals surface area (Å²) < 4.78 is 38.8. The van der Waals surface area contributed by atoms with Gasteiger partial charge in [-0.1, -0.05) is 12.8 Å². The van der Waals surface area contributed by atoms with Crippen LogP contribution in [0.1, 0.15) is 31.2 Å². The number of pyridine rings is 1. The standard InChI is InChI=1S/C13H19F3N4O/c14-13(15,16)9-7-11(19-17)18-12(8-9)20(5-6-21)10-3-1-2-4-10/h7-8,10,21H,1-6,17H2,(H,18,19). The molecular weight excluding hydrogens is 285 g/mol. The van der Waals surface area contributed by atoms with E-state index in [2.05, 4.69) is 10.4 Å². The van der Waals surface area contributed by atoms with Crippen molar-refractivity contribution in [2.24, 2.45) is 5.84 Å². The number of hydrazine groups is 1. The Morgan fingerprint density at radius 3 is 2.52 bits per heavy atom. The summed E-state index contributed by atoms with van der Waals surface area (Å²) in [6.45, 7) is 0.114. The minimum atomic E-state index is -4.47. The summed E-state index contributed by atoms with van der Waals surface area (Å²) in [7, 11) is 0. The Morgan fingerprint density at radius 2 is 2.00 bits per heavy atom. The molecule has 0 amide bonds. The van der Waals surface area contributed by atoms with Crippen molar-refractivity contribution in [2.45, 2.75) is 37.9 Å². The lowest BCUT2D eigenvalue weighted by Crippen LogP contribution is -2.36. The fraction of sp³-hybridized carbons (Fsp3) is 0.615. The van der Waals surface area contributed by atoms with E-state index in [1.54, 1.807) is 4.90 Å². The molecule has 0 radical (unpaired) electrons. The molecule has 2 rings (SSSR count). The number of halogens is 3. The number of nitrogens with zero attached hydrogens (tertiary/aromatic N) is 2. The van der Waals surface area contributed by atoms with Gasteiger partial charge in [0.2, 0.25) is 0 Å². The zero-order valence-corrected chi connectivity index (χ0v) is 11.5. The number of nitrogens with one attached hydrogen (secondary N) is 1. The number of hydrogen-bond acceptors (Lipinski definition) is 5. The molecule has 1 fully saturated rings. The van der Waals surface area contributed by atoms with Crippen LogP contribution in [-0.4, -0.2) is 29.3 Å². The number of alkyl halides is 3. The van der Waals surface area contributed by atoms with Crippen LogP contribution in [-0.2, 0) is 6.18 Å². The average Bonchev–Trinajstić information content (AvgIpc) is 2.97. The van der Waals surface area contributed by atoms with Crippen LogP contribution in [0.4, 0.5) is 24.8 Å². The summed E-state index contributed by atoms with van der Waals surface area (Å²) in [4.78, 5) is 5.85. The highest BCUT2D eigenvalue weighted by Crippen LogP contribution is 2.34. The molecule has 1 heterocycles. The Bertz CT molecular complexity index is 475. The normalized spacial score (nSPS) is 16.2. The third kappa shape index (κ3) is 3.76. The molecule has 1 aromatic rings. The maximum absolute atomic E-state index is 12.9. The molecule has 0 bridgehead atoms. The van der Waals surface area contributed by atoms with E-state index in [0.717, 1.165) is 37.8 Å². The van der Waals surface area contributed by atoms with Gasteiger partial charge in [0.15, 0.2) is 0 Å².